The van der Waals surface area contributed by atoms with E-state index in [1.165, 1.54) is 37.7 Å². The van der Waals surface area contributed by atoms with Crippen molar-refractivity contribution in [2.24, 2.45) is 0 Å². The van der Waals surface area contributed by atoms with Gasteiger partial charge in [0, 0.05) is 16.5 Å². The molecule has 0 spiro atoms. The van der Waals surface area contributed by atoms with Crippen molar-refractivity contribution in [3.8, 4) is 34.6 Å². The van der Waals surface area contributed by atoms with Gasteiger partial charge in [0.2, 0.25) is 0 Å². The molecular formula is C21H17FN2O4S. The number of ether oxygens (including phenoxy) is 3. The normalized spacial score (nSPS) is 11.4. The lowest BCUT2D eigenvalue weighted by Gasteiger charge is -2.09. The van der Waals surface area contributed by atoms with Crippen molar-refractivity contribution >= 4 is 17.1 Å². The van der Waals surface area contributed by atoms with Crippen LogP contribution in [-0.2, 0) is 0 Å². The molecule has 0 aliphatic heterocycles. The first-order valence-corrected chi connectivity index (χ1v) is 9.35. The number of halogens is 1. The van der Waals surface area contributed by atoms with Crippen LogP contribution in [0.25, 0.3) is 11.3 Å². The molecular weight excluding hydrogens is 395 g/mol. The summed E-state index contributed by atoms with van der Waals surface area (Å²) in [5, 5.41) is 11.7. The van der Waals surface area contributed by atoms with Gasteiger partial charge in [-0.3, -0.25) is 4.79 Å². The van der Waals surface area contributed by atoms with Gasteiger partial charge in [-0.15, -0.1) is 11.3 Å². The van der Waals surface area contributed by atoms with E-state index in [9.17, 15) is 14.4 Å². The van der Waals surface area contributed by atoms with E-state index in [4.69, 9.17) is 14.2 Å². The first-order valence-electron chi connectivity index (χ1n) is 8.47. The minimum Gasteiger partial charge on any atom is -0.494 e. The van der Waals surface area contributed by atoms with Gasteiger partial charge in [-0.1, -0.05) is 0 Å². The molecule has 0 saturated heterocycles. The van der Waals surface area contributed by atoms with Gasteiger partial charge in [-0.05, 0) is 36.4 Å². The Bertz CT molecular complexity index is 1090. The number of hydrogen-bond donors (Lipinski definition) is 0. The highest BCUT2D eigenvalue weighted by atomic mass is 32.1. The summed E-state index contributed by atoms with van der Waals surface area (Å²) in [6, 6.07) is 11.1. The number of rotatable bonds is 7. The van der Waals surface area contributed by atoms with E-state index < -0.39 is 17.5 Å². The van der Waals surface area contributed by atoms with Crippen molar-refractivity contribution in [1.82, 2.24) is 4.98 Å². The number of aromatic nitrogens is 1. The molecule has 1 heterocycles. The second-order valence-electron chi connectivity index (χ2n) is 5.92. The number of benzene rings is 2. The van der Waals surface area contributed by atoms with Gasteiger partial charge in [0.1, 0.15) is 5.01 Å². The standard InChI is InChI=1S/C21H17FN2O4S/c1-26-17-7-5-12(8-19(17)28-3)16-11-29-21(24-16)14(10-23)20(25)13-4-6-15(22)18(9-13)27-2/h4-9,11,14H,1-3H3. The molecule has 1 atom stereocenters. The summed E-state index contributed by atoms with van der Waals surface area (Å²) in [5.74, 6) is -1.09. The number of hydrogen-bond acceptors (Lipinski definition) is 7. The van der Waals surface area contributed by atoms with Crippen LogP contribution in [0.15, 0.2) is 41.8 Å². The third kappa shape index (κ3) is 4.05. The summed E-state index contributed by atoms with van der Waals surface area (Å²) in [6.07, 6.45) is 0. The fourth-order valence-corrected chi connectivity index (χ4v) is 3.62. The molecule has 8 heteroatoms. The summed E-state index contributed by atoms with van der Waals surface area (Å²) in [6.45, 7) is 0. The van der Waals surface area contributed by atoms with Gasteiger partial charge in [-0.2, -0.15) is 5.26 Å². The van der Waals surface area contributed by atoms with Crippen LogP contribution in [0.4, 0.5) is 4.39 Å². The van der Waals surface area contributed by atoms with Crippen molar-refractivity contribution in [3.63, 3.8) is 0 Å². The summed E-state index contributed by atoms with van der Waals surface area (Å²) in [5.41, 5.74) is 1.55. The monoisotopic (exact) mass is 412 g/mol. The highest BCUT2D eigenvalue weighted by Gasteiger charge is 2.26. The highest BCUT2D eigenvalue weighted by Crippen LogP contribution is 2.34. The van der Waals surface area contributed by atoms with E-state index in [-0.39, 0.29) is 11.3 Å². The minimum atomic E-state index is -1.11. The van der Waals surface area contributed by atoms with Crippen molar-refractivity contribution in [2.45, 2.75) is 5.92 Å². The van der Waals surface area contributed by atoms with Crippen molar-refractivity contribution in [3.05, 3.63) is 58.2 Å². The predicted molar refractivity (Wildman–Crippen MR) is 106 cm³/mol. The average Bonchev–Trinajstić information content (AvgIpc) is 3.23. The fourth-order valence-electron chi connectivity index (χ4n) is 2.75. The Labute approximate surface area is 171 Å². The summed E-state index contributed by atoms with van der Waals surface area (Å²) >= 11 is 1.20. The van der Waals surface area contributed by atoms with Crippen LogP contribution >= 0.6 is 11.3 Å². The Morgan fingerprint density at radius 3 is 2.45 bits per heavy atom. The van der Waals surface area contributed by atoms with E-state index >= 15 is 0 Å². The molecule has 0 amide bonds. The molecule has 148 valence electrons. The molecule has 2 aromatic carbocycles. The highest BCUT2D eigenvalue weighted by molar-refractivity contribution is 7.10. The number of ketones is 1. The van der Waals surface area contributed by atoms with E-state index in [1.807, 2.05) is 12.1 Å². The van der Waals surface area contributed by atoms with Gasteiger partial charge in [0.05, 0.1) is 33.1 Å². The molecule has 3 aromatic rings. The number of nitriles is 1. The van der Waals surface area contributed by atoms with Gasteiger partial charge in [-0.25, -0.2) is 9.37 Å². The van der Waals surface area contributed by atoms with Gasteiger partial charge >= 0.3 is 0 Å². The molecule has 1 unspecified atom stereocenters. The van der Waals surface area contributed by atoms with Crippen molar-refractivity contribution < 1.29 is 23.4 Å². The fraction of sp³-hybridized carbons (Fsp3) is 0.190. The molecule has 0 saturated carbocycles. The van der Waals surface area contributed by atoms with Crippen LogP contribution in [-0.4, -0.2) is 32.1 Å². The number of carbonyl (C=O) groups is 1. The first-order chi connectivity index (χ1) is 14.0. The summed E-state index contributed by atoms with van der Waals surface area (Å²) in [4.78, 5) is 17.3. The molecule has 3 rings (SSSR count). The zero-order valence-corrected chi connectivity index (χ0v) is 16.7. The van der Waals surface area contributed by atoms with E-state index in [0.717, 1.165) is 11.6 Å². The lowest BCUT2D eigenvalue weighted by molar-refractivity contribution is 0.0978. The van der Waals surface area contributed by atoms with E-state index in [1.54, 1.807) is 24.6 Å². The lowest BCUT2D eigenvalue weighted by atomic mass is 9.99. The Morgan fingerprint density at radius 1 is 1.07 bits per heavy atom. The number of nitrogens with zero attached hydrogens (tertiary/aromatic N) is 2. The number of carbonyl (C=O) groups excluding carboxylic acids is 1. The minimum absolute atomic E-state index is 0.0577. The maximum Gasteiger partial charge on any atom is 0.187 e. The summed E-state index contributed by atoms with van der Waals surface area (Å²) in [7, 11) is 4.40. The Kier molecular flexibility index (Phi) is 6.10. The molecule has 0 radical (unpaired) electrons. The van der Waals surface area contributed by atoms with Crippen LogP contribution in [0.2, 0.25) is 0 Å². The largest absolute Gasteiger partial charge is 0.494 e. The van der Waals surface area contributed by atoms with Gasteiger partial charge < -0.3 is 14.2 Å². The molecule has 29 heavy (non-hydrogen) atoms. The van der Waals surface area contributed by atoms with Gasteiger partial charge in [0.25, 0.3) is 0 Å². The van der Waals surface area contributed by atoms with E-state index in [2.05, 4.69) is 4.98 Å². The van der Waals surface area contributed by atoms with Crippen LogP contribution in [0.5, 0.6) is 17.2 Å². The van der Waals surface area contributed by atoms with Crippen LogP contribution < -0.4 is 14.2 Å². The first kappa shape index (κ1) is 20.3. The molecule has 0 fully saturated rings. The number of methoxy groups -OCH3 is 3. The maximum absolute atomic E-state index is 13.6. The quantitative estimate of drug-likeness (QED) is 0.533. The van der Waals surface area contributed by atoms with Crippen LogP contribution in [0.3, 0.4) is 0 Å². The molecule has 0 aliphatic carbocycles. The Hall–Kier alpha value is -3.44. The zero-order valence-electron chi connectivity index (χ0n) is 15.9. The van der Waals surface area contributed by atoms with Crippen molar-refractivity contribution in [1.29, 1.82) is 5.26 Å². The van der Waals surface area contributed by atoms with Gasteiger partial charge in [0.15, 0.2) is 34.8 Å². The SMILES string of the molecule is COc1cc(C(=O)C(C#N)c2nc(-c3ccc(OC)c(OC)c3)cs2)ccc1F. The number of thiazole rings is 1. The molecule has 1 aromatic heterocycles. The number of Topliss-reactive ketones (excluding diaryl/α,β-unsaturated/α-hetero) is 1. The molecule has 0 aliphatic rings. The maximum atomic E-state index is 13.6. The van der Waals surface area contributed by atoms with Crippen LogP contribution in [0.1, 0.15) is 21.3 Å². The molecule has 6 nitrogen and oxygen atoms in total. The topological polar surface area (TPSA) is 81.4 Å². The van der Waals surface area contributed by atoms with Crippen molar-refractivity contribution in [2.75, 3.05) is 21.3 Å². The third-order valence-electron chi connectivity index (χ3n) is 4.28. The second kappa shape index (κ2) is 8.71. The smallest absolute Gasteiger partial charge is 0.187 e. The van der Waals surface area contributed by atoms with Crippen LogP contribution in [0, 0.1) is 17.1 Å². The Balaban J connectivity index is 1.92. The second-order valence-corrected chi connectivity index (χ2v) is 6.81. The lowest BCUT2D eigenvalue weighted by Crippen LogP contribution is -2.11. The molecule has 0 N–H and O–H groups in total. The summed E-state index contributed by atoms with van der Waals surface area (Å²) < 4.78 is 29.1. The third-order valence-corrected chi connectivity index (χ3v) is 5.18. The molecule has 0 bridgehead atoms. The Morgan fingerprint density at radius 2 is 1.79 bits per heavy atom. The zero-order chi connectivity index (χ0) is 21.0. The van der Waals surface area contributed by atoms with E-state index in [0.29, 0.717) is 22.2 Å². The average molecular weight is 412 g/mol. The predicted octanol–water partition coefficient (Wildman–Crippen LogP) is 4.47.